The van der Waals surface area contributed by atoms with Crippen molar-refractivity contribution in [3.05, 3.63) is 47.8 Å². The van der Waals surface area contributed by atoms with Crippen LogP contribution in [-0.4, -0.2) is 110 Å². The molecule has 0 amide bonds. The Morgan fingerprint density at radius 1 is 1.05 bits per heavy atom. The molecule has 3 aliphatic heterocycles. The zero-order valence-corrected chi connectivity index (χ0v) is 24.1. The molecule has 41 heavy (non-hydrogen) atoms. The second-order valence-electron chi connectivity index (χ2n) is 11.4. The number of hydrogen-bond donors (Lipinski definition) is 1. The first-order chi connectivity index (χ1) is 19.9. The fraction of sp³-hybridized carbons (Fsp3) is 0.533. The van der Waals surface area contributed by atoms with E-state index >= 15 is 0 Å². The summed E-state index contributed by atoms with van der Waals surface area (Å²) in [4.78, 5) is 23.5. The molecule has 3 fully saturated rings. The van der Waals surface area contributed by atoms with Crippen LogP contribution in [0.3, 0.4) is 0 Å². The van der Waals surface area contributed by atoms with Crippen molar-refractivity contribution < 1.29 is 9.47 Å². The fourth-order valence-corrected chi connectivity index (χ4v) is 6.37. The summed E-state index contributed by atoms with van der Waals surface area (Å²) < 4.78 is 11.9. The van der Waals surface area contributed by atoms with Gasteiger partial charge in [0.25, 0.3) is 0 Å². The molecular weight excluding hydrogens is 518 g/mol. The highest BCUT2D eigenvalue weighted by Gasteiger charge is 2.33. The molecule has 1 aromatic carbocycles. The maximum Gasteiger partial charge on any atom is 0.227 e. The highest BCUT2D eigenvalue weighted by Crippen LogP contribution is 2.30. The molecule has 2 aromatic heterocycles. The Bertz CT molecular complexity index is 1420. The Morgan fingerprint density at radius 3 is 2.63 bits per heavy atom. The standard InChI is InChI=1S/C30H39N9O2/c1-20-13-28(35-30(34-20)39-18-25(32)27(19-39)40-3)37-11-9-36(10-12-37)16-23-17-38(15-21(2)41-23)26-7-6-22(14-31)29-24(26)5-4-8-33-29/h4-8,13,21,23,25,27H,9-12,15-19,32H2,1-3H3/t21-,23+,25?,27+/m1/s1. The Labute approximate surface area is 241 Å². The van der Waals surface area contributed by atoms with Crippen molar-refractivity contribution in [2.45, 2.75) is 38.2 Å². The number of rotatable bonds is 6. The van der Waals surface area contributed by atoms with Crippen LogP contribution in [0.25, 0.3) is 10.9 Å². The minimum Gasteiger partial charge on any atom is -0.378 e. The summed E-state index contributed by atoms with van der Waals surface area (Å²) in [6, 6.07) is 12.2. The van der Waals surface area contributed by atoms with Crippen molar-refractivity contribution in [2.75, 3.05) is 80.7 Å². The van der Waals surface area contributed by atoms with Crippen LogP contribution < -0.4 is 20.4 Å². The van der Waals surface area contributed by atoms with Gasteiger partial charge in [-0.2, -0.15) is 10.2 Å². The first-order valence-electron chi connectivity index (χ1n) is 14.5. The van der Waals surface area contributed by atoms with Gasteiger partial charge in [0.2, 0.25) is 5.95 Å². The predicted molar refractivity (Wildman–Crippen MR) is 159 cm³/mol. The smallest absolute Gasteiger partial charge is 0.227 e. The van der Waals surface area contributed by atoms with Crippen molar-refractivity contribution in [2.24, 2.45) is 5.73 Å². The Morgan fingerprint density at radius 2 is 1.88 bits per heavy atom. The summed E-state index contributed by atoms with van der Waals surface area (Å²) in [6.07, 6.45) is 1.95. The highest BCUT2D eigenvalue weighted by atomic mass is 16.5. The first kappa shape index (κ1) is 27.6. The van der Waals surface area contributed by atoms with E-state index < -0.39 is 0 Å². The summed E-state index contributed by atoms with van der Waals surface area (Å²) in [5.74, 6) is 1.70. The highest BCUT2D eigenvalue weighted by molar-refractivity contribution is 5.95. The SMILES string of the molecule is CO[C@H]1CN(c2nc(C)cc(N3CCN(C[C@H]4CN(c5ccc(C#N)c6ncccc56)C[C@@H](C)O4)CC3)n2)CC1N. The summed E-state index contributed by atoms with van der Waals surface area (Å²) in [5, 5.41) is 10.6. The number of nitrogens with two attached hydrogens (primary N) is 1. The van der Waals surface area contributed by atoms with E-state index in [1.54, 1.807) is 13.3 Å². The molecule has 4 atom stereocenters. The summed E-state index contributed by atoms with van der Waals surface area (Å²) in [5.41, 5.74) is 9.68. The van der Waals surface area contributed by atoms with Crippen molar-refractivity contribution in [1.82, 2.24) is 19.9 Å². The second-order valence-corrected chi connectivity index (χ2v) is 11.4. The quantitative estimate of drug-likeness (QED) is 0.478. The third kappa shape index (κ3) is 5.78. The van der Waals surface area contributed by atoms with Gasteiger partial charge >= 0.3 is 0 Å². The van der Waals surface area contributed by atoms with E-state index in [1.807, 2.05) is 19.1 Å². The van der Waals surface area contributed by atoms with E-state index in [9.17, 15) is 5.26 Å². The van der Waals surface area contributed by atoms with E-state index in [-0.39, 0.29) is 24.4 Å². The van der Waals surface area contributed by atoms with Crippen LogP contribution in [0.1, 0.15) is 18.2 Å². The molecule has 3 aromatic rings. The van der Waals surface area contributed by atoms with Crippen LogP contribution in [-0.2, 0) is 9.47 Å². The number of piperazine rings is 1. The maximum absolute atomic E-state index is 9.55. The average molecular weight is 558 g/mol. The van der Waals surface area contributed by atoms with Crippen molar-refractivity contribution in [3.63, 3.8) is 0 Å². The molecule has 0 aliphatic carbocycles. The number of pyridine rings is 1. The van der Waals surface area contributed by atoms with Gasteiger partial charge in [0.05, 0.1) is 35.4 Å². The number of aromatic nitrogens is 3. The van der Waals surface area contributed by atoms with Crippen LogP contribution in [0, 0.1) is 18.3 Å². The van der Waals surface area contributed by atoms with Gasteiger partial charge in [0.15, 0.2) is 0 Å². The lowest BCUT2D eigenvalue weighted by Crippen LogP contribution is -2.54. The predicted octanol–water partition coefficient (Wildman–Crippen LogP) is 1.78. The summed E-state index contributed by atoms with van der Waals surface area (Å²) in [6.45, 7) is 11.7. The van der Waals surface area contributed by atoms with Crippen molar-refractivity contribution >= 4 is 28.4 Å². The molecule has 0 bridgehead atoms. The van der Waals surface area contributed by atoms with Crippen LogP contribution in [0.15, 0.2) is 36.5 Å². The van der Waals surface area contributed by atoms with Gasteiger partial charge in [0, 0.05) is 95.0 Å². The lowest BCUT2D eigenvalue weighted by molar-refractivity contribution is -0.0327. The van der Waals surface area contributed by atoms with Crippen molar-refractivity contribution in [1.29, 1.82) is 5.26 Å². The number of ether oxygens (including phenoxy) is 2. The lowest BCUT2D eigenvalue weighted by Gasteiger charge is -2.42. The number of nitrogens with zero attached hydrogens (tertiary/aromatic N) is 8. The third-order valence-corrected chi connectivity index (χ3v) is 8.42. The first-order valence-corrected chi connectivity index (χ1v) is 14.5. The topological polar surface area (TPSA) is 120 Å². The van der Waals surface area contributed by atoms with E-state index in [1.165, 1.54) is 0 Å². The molecule has 3 aliphatic rings. The molecule has 2 N–H and O–H groups in total. The molecule has 0 radical (unpaired) electrons. The number of morpholine rings is 1. The molecule has 216 valence electrons. The molecular formula is C30H39N9O2. The molecule has 11 nitrogen and oxygen atoms in total. The average Bonchev–Trinajstić information content (AvgIpc) is 3.37. The number of aryl methyl sites for hydroxylation is 1. The number of anilines is 3. The number of nitriles is 1. The number of fused-ring (bicyclic) bond motifs is 1. The molecule has 11 heteroatoms. The van der Waals surface area contributed by atoms with E-state index in [4.69, 9.17) is 25.2 Å². The Balaban J connectivity index is 1.09. The number of hydrogen-bond acceptors (Lipinski definition) is 11. The number of benzene rings is 1. The normalized spacial score (nSPS) is 25.6. The zero-order valence-electron chi connectivity index (χ0n) is 24.1. The zero-order chi connectivity index (χ0) is 28.5. The number of methoxy groups -OCH3 is 1. The van der Waals surface area contributed by atoms with Gasteiger partial charge in [0.1, 0.15) is 11.9 Å². The third-order valence-electron chi connectivity index (χ3n) is 8.42. The van der Waals surface area contributed by atoms with Crippen LogP contribution in [0.2, 0.25) is 0 Å². The second kappa shape index (κ2) is 11.7. The van der Waals surface area contributed by atoms with Crippen LogP contribution in [0.5, 0.6) is 0 Å². The fourth-order valence-electron chi connectivity index (χ4n) is 6.37. The lowest BCUT2D eigenvalue weighted by atomic mass is 10.1. The Kier molecular flexibility index (Phi) is 7.90. The molecule has 1 unspecified atom stereocenters. The van der Waals surface area contributed by atoms with Gasteiger partial charge in [-0.15, -0.1) is 0 Å². The largest absolute Gasteiger partial charge is 0.378 e. The Hall–Kier alpha value is -3.56. The van der Waals surface area contributed by atoms with Gasteiger partial charge in [-0.25, -0.2) is 4.98 Å². The summed E-state index contributed by atoms with van der Waals surface area (Å²) >= 11 is 0. The molecule has 3 saturated heterocycles. The van der Waals surface area contributed by atoms with Gasteiger partial charge in [-0.3, -0.25) is 9.88 Å². The molecule has 0 saturated carbocycles. The van der Waals surface area contributed by atoms with E-state index in [0.717, 1.165) is 79.9 Å². The van der Waals surface area contributed by atoms with Gasteiger partial charge in [-0.1, -0.05) is 0 Å². The minimum atomic E-state index is -0.0379. The molecule has 6 rings (SSSR count). The van der Waals surface area contributed by atoms with Gasteiger partial charge in [-0.05, 0) is 38.1 Å². The van der Waals surface area contributed by atoms with Crippen molar-refractivity contribution in [3.8, 4) is 6.07 Å². The molecule has 5 heterocycles. The van der Waals surface area contributed by atoms with Crippen LogP contribution >= 0.6 is 0 Å². The minimum absolute atomic E-state index is 0.000874. The van der Waals surface area contributed by atoms with E-state index in [2.05, 4.69) is 55.8 Å². The van der Waals surface area contributed by atoms with Gasteiger partial charge < -0.3 is 29.9 Å². The summed E-state index contributed by atoms with van der Waals surface area (Å²) in [7, 11) is 1.71. The van der Waals surface area contributed by atoms with Crippen LogP contribution in [0.4, 0.5) is 17.5 Å². The maximum atomic E-state index is 9.55. The monoisotopic (exact) mass is 557 g/mol. The van der Waals surface area contributed by atoms with E-state index in [0.29, 0.717) is 18.7 Å². The molecule has 0 spiro atoms.